The van der Waals surface area contributed by atoms with Crippen LogP contribution in [0.1, 0.15) is 11.1 Å². The molecule has 0 aromatic heterocycles. The Kier molecular flexibility index (Phi) is 4.28. The van der Waals surface area contributed by atoms with Crippen molar-refractivity contribution >= 4 is 11.7 Å². The Morgan fingerprint density at radius 1 is 1.32 bits per heavy atom. The number of esters is 1. The summed E-state index contributed by atoms with van der Waals surface area (Å²) in [6.07, 6.45) is 1.78. The quantitative estimate of drug-likeness (QED) is 0.775. The molecule has 5 nitrogen and oxygen atoms in total. The highest BCUT2D eigenvalue weighted by molar-refractivity contribution is 5.73. The number of carbonyl (C=O) groups is 1. The van der Waals surface area contributed by atoms with Gasteiger partial charge in [-0.2, -0.15) is 0 Å². The molecule has 0 bridgehead atoms. The van der Waals surface area contributed by atoms with E-state index in [9.17, 15) is 4.79 Å². The first kappa shape index (κ1) is 13.3. The predicted molar refractivity (Wildman–Crippen MR) is 68.6 cm³/mol. The molecular weight excluding hydrogens is 248 g/mol. The van der Waals surface area contributed by atoms with Gasteiger partial charge in [0.25, 0.3) is 0 Å². The number of ether oxygens (including phenoxy) is 4. The third-order valence-corrected chi connectivity index (χ3v) is 2.76. The molecule has 1 aliphatic heterocycles. The highest BCUT2D eigenvalue weighted by atomic mass is 16.6. The van der Waals surface area contributed by atoms with Crippen LogP contribution in [0.5, 0.6) is 5.75 Å². The van der Waals surface area contributed by atoms with Crippen LogP contribution >= 0.6 is 0 Å². The Morgan fingerprint density at radius 2 is 2.16 bits per heavy atom. The maximum Gasteiger partial charge on any atom is 0.309 e. The molecule has 0 atom stereocenters. The van der Waals surface area contributed by atoms with Gasteiger partial charge < -0.3 is 18.9 Å². The van der Waals surface area contributed by atoms with Gasteiger partial charge in [0.2, 0.25) is 0 Å². The van der Waals surface area contributed by atoms with Crippen LogP contribution in [0.4, 0.5) is 0 Å². The van der Waals surface area contributed by atoms with Gasteiger partial charge in [0.05, 0.1) is 26.2 Å². The molecule has 19 heavy (non-hydrogen) atoms. The number of benzene rings is 1. The number of carbonyl (C=O) groups excluding carboxylic acids is 1. The van der Waals surface area contributed by atoms with Crippen molar-refractivity contribution in [3.8, 4) is 5.75 Å². The van der Waals surface area contributed by atoms with E-state index in [1.807, 2.05) is 12.1 Å². The maximum absolute atomic E-state index is 11.2. The van der Waals surface area contributed by atoms with Gasteiger partial charge in [0.1, 0.15) is 25.2 Å². The summed E-state index contributed by atoms with van der Waals surface area (Å²) >= 11 is 0. The summed E-state index contributed by atoms with van der Waals surface area (Å²) < 4.78 is 20.7. The fourth-order valence-electron chi connectivity index (χ4n) is 1.80. The number of rotatable bonds is 4. The molecular formula is C14H16O5. The second-order valence-electron chi connectivity index (χ2n) is 3.99. The van der Waals surface area contributed by atoms with Crippen LogP contribution in [0.15, 0.2) is 24.5 Å². The summed E-state index contributed by atoms with van der Waals surface area (Å²) in [6.45, 7) is 1.06. The molecule has 0 N–H and O–H groups in total. The molecule has 0 saturated heterocycles. The fourth-order valence-corrected chi connectivity index (χ4v) is 1.80. The molecule has 0 unspecified atom stereocenters. The summed E-state index contributed by atoms with van der Waals surface area (Å²) in [5.74, 6) is 0.983. The Bertz CT molecular complexity index is 493. The maximum atomic E-state index is 11.2. The lowest BCUT2D eigenvalue weighted by molar-refractivity contribution is -0.139. The highest BCUT2D eigenvalue weighted by Gasteiger charge is 2.15. The number of hydrogen-bond donors (Lipinski definition) is 0. The average molecular weight is 264 g/mol. The third-order valence-electron chi connectivity index (χ3n) is 2.76. The molecule has 2 rings (SSSR count). The van der Waals surface area contributed by atoms with Crippen molar-refractivity contribution < 1.29 is 23.7 Å². The van der Waals surface area contributed by atoms with Crippen molar-refractivity contribution in [2.45, 2.75) is 6.42 Å². The first-order chi connectivity index (χ1) is 9.24. The number of methoxy groups -OCH3 is 2. The first-order valence-electron chi connectivity index (χ1n) is 5.93. The van der Waals surface area contributed by atoms with Gasteiger partial charge in [-0.05, 0) is 17.7 Å². The second kappa shape index (κ2) is 6.13. The first-order valence-corrected chi connectivity index (χ1v) is 5.93. The van der Waals surface area contributed by atoms with Crippen molar-refractivity contribution in [2.75, 3.05) is 27.4 Å². The van der Waals surface area contributed by atoms with E-state index in [0.29, 0.717) is 24.7 Å². The van der Waals surface area contributed by atoms with Crippen LogP contribution in [-0.2, 0) is 25.4 Å². The SMILES string of the molecule is COC(=O)Cc1ccc(C2=COCCO2)c(OC)c1. The van der Waals surface area contributed by atoms with Crippen molar-refractivity contribution in [3.63, 3.8) is 0 Å². The Hall–Kier alpha value is -2.17. The summed E-state index contributed by atoms with van der Waals surface area (Å²) in [7, 11) is 2.94. The molecule has 0 amide bonds. The Balaban J connectivity index is 2.25. The standard InChI is InChI=1S/C14H16O5/c1-16-12-7-10(8-14(15)17-2)3-4-11(12)13-9-18-5-6-19-13/h3-4,7,9H,5-6,8H2,1-2H3. The van der Waals surface area contributed by atoms with Crippen molar-refractivity contribution in [2.24, 2.45) is 0 Å². The molecule has 0 aliphatic carbocycles. The summed E-state index contributed by atoms with van der Waals surface area (Å²) in [4.78, 5) is 11.2. The van der Waals surface area contributed by atoms with E-state index in [1.54, 1.807) is 19.4 Å². The molecule has 1 aliphatic rings. The van der Waals surface area contributed by atoms with Crippen molar-refractivity contribution in [1.29, 1.82) is 0 Å². The monoisotopic (exact) mass is 264 g/mol. The zero-order valence-electron chi connectivity index (χ0n) is 11.0. The zero-order valence-corrected chi connectivity index (χ0v) is 11.0. The van der Waals surface area contributed by atoms with Crippen LogP contribution in [0, 0.1) is 0 Å². The van der Waals surface area contributed by atoms with Gasteiger partial charge in [-0.3, -0.25) is 4.79 Å². The van der Waals surface area contributed by atoms with E-state index in [4.69, 9.17) is 14.2 Å². The van der Waals surface area contributed by atoms with Crippen LogP contribution in [0.2, 0.25) is 0 Å². The van der Waals surface area contributed by atoms with E-state index in [2.05, 4.69) is 4.74 Å². The van der Waals surface area contributed by atoms with Crippen LogP contribution < -0.4 is 4.74 Å². The largest absolute Gasteiger partial charge is 0.496 e. The summed E-state index contributed by atoms with van der Waals surface area (Å²) in [5.41, 5.74) is 1.63. The molecule has 5 heteroatoms. The van der Waals surface area contributed by atoms with Crippen molar-refractivity contribution in [1.82, 2.24) is 0 Å². The lowest BCUT2D eigenvalue weighted by Crippen LogP contribution is -2.09. The topological polar surface area (TPSA) is 54.0 Å². The van der Waals surface area contributed by atoms with Crippen LogP contribution in [-0.4, -0.2) is 33.4 Å². The highest BCUT2D eigenvalue weighted by Crippen LogP contribution is 2.29. The zero-order chi connectivity index (χ0) is 13.7. The van der Waals surface area contributed by atoms with Gasteiger partial charge in [-0.1, -0.05) is 6.07 Å². The summed E-state index contributed by atoms with van der Waals surface area (Å²) in [5, 5.41) is 0. The molecule has 0 radical (unpaired) electrons. The molecule has 1 aromatic rings. The van der Waals surface area contributed by atoms with E-state index < -0.39 is 0 Å². The van der Waals surface area contributed by atoms with Crippen LogP contribution in [0.3, 0.4) is 0 Å². The molecule has 1 aromatic carbocycles. The number of hydrogen-bond acceptors (Lipinski definition) is 5. The van der Waals surface area contributed by atoms with E-state index in [1.165, 1.54) is 7.11 Å². The Morgan fingerprint density at radius 3 is 2.79 bits per heavy atom. The lowest BCUT2D eigenvalue weighted by Gasteiger charge is -2.18. The molecule has 0 fully saturated rings. The minimum Gasteiger partial charge on any atom is -0.496 e. The average Bonchev–Trinajstić information content (AvgIpc) is 2.47. The normalized spacial score (nSPS) is 13.9. The van der Waals surface area contributed by atoms with Crippen LogP contribution in [0.25, 0.3) is 5.76 Å². The fraction of sp³-hybridized carbons (Fsp3) is 0.357. The molecule has 0 spiro atoms. The smallest absolute Gasteiger partial charge is 0.309 e. The summed E-state index contributed by atoms with van der Waals surface area (Å²) in [6, 6.07) is 5.48. The predicted octanol–water partition coefficient (Wildman–Crippen LogP) is 1.76. The lowest BCUT2D eigenvalue weighted by atomic mass is 10.1. The van der Waals surface area contributed by atoms with E-state index in [0.717, 1.165) is 11.1 Å². The Labute approximate surface area is 111 Å². The second-order valence-corrected chi connectivity index (χ2v) is 3.99. The van der Waals surface area contributed by atoms with E-state index >= 15 is 0 Å². The molecule has 0 saturated carbocycles. The third kappa shape index (κ3) is 3.19. The van der Waals surface area contributed by atoms with Gasteiger partial charge in [-0.15, -0.1) is 0 Å². The van der Waals surface area contributed by atoms with Crippen molar-refractivity contribution in [3.05, 3.63) is 35.6 Å². The van der Waals surface area contributed by atoms with Gasteiger partial charge in [0, 0.05) is 0 Å². The molecule has 102 valence electrons. The minimum atomic E-state index is -0.286. The minimum absolute atomic E-state index is 0.212. The van der Waals surface area contributed by atoms with Gasteiger partial charge >= 0.3 is 5.97 Å². The molecule has 1 heterocycles. The van der Waals surface area contributed by atoms with Gasteiger partial charge in [0.15, 0.2) is 5.76 Å². The van der Waals surface area contributed by atoms with Gasteiger partial charge in [-0.25, -0.2) is 0 Å². The van der Waals surface area contributed by atoms with E-state index in [-0.39, 0.29) is 12.4 Å².